The van der Waals surface area contributed by atoms with E-state index < -0.39 is 23.1 Å². The van der Waals surface area contributed by atoms with Gasteiger partial charge in [0.1, 0.15) is 24.0 Å². The van der Waals surface area contributed by atoms with Crippen LogP contribution in [0.3, 0.4) is 0 Å². The second-order valence-electron chi connectivity index (χ2n) is 8.75. The molecule has 0 aromatic heterocycles. The van der Waals surface area contributed by atoms with Gasteiger partial charge < -0.3 is 14.6 Å². The van der Waals surface area contributed by atoms with E-state index in [4.69, 9.17) is 14.6 Å². The van der Waals surface area contributed by atoms with Crippen molar-refractivity contribution in [3.8, 4) is 5.75 Å². The molecular formula is C29H29F2N3O4. The van der Waals surface area contributed by atoms with Crippen LogP contribution in [0.1, 0.15) is 29.5 Å². The van der Waals surface area contributed by atoms with Gasteiger partial charge in [-0.25, -0.2) is 19.2 Å². The molecule has 0 bridgehead atoms. The van der Waals surface area contributed by atoms with E-state index in [1.54, 1.807) is 24.3 Å². The Balaban J connectivity index is 1.49. The first-order valence-corrected chi connectivity index (χ1v) is 12.2. The summed E-state index contributed by atoms with van der Waals surface area (Å²) in [5.41, 5.74) is 5.93. The number of carbonyl (C=O) groups excluding carboxylic acids is 1. The van der Waals surface area contributed by atoms with Crippen molar-refractivity contribution in [1.29, 1.82) is 0 Å². The van der Waals surface area contributed by atoms with Gasteiger partial charge in [-0.2, -0.15) is 0 Å². The van der Waals surface area contributed by atoms with Crippen LogP contribution in [0.5, 0.6) is 5.75 Å². The van der Waals surface area contributed by atoms with Gasteiger partial charge in [0.2, 0.25) is 5.90 Å². The van der Waals surface area contributed by atoms with Crippen molar-refractivity contribution in [2.24, 2.45) is 4.99 Å². The van der Waals surface area contributed by atoms with Gasteiger partial charge in [-0.1, -0.05) is 48.6 Å². The summed E-state index contributed by atoms with van der Waals surface area (Å²) in [5.74, 6) is -0.862. The molecule has 3 N–H and O–H groups in total. The van der Waals surface area contributed by atoms with Gasteiger partial charge in [0.25, 0.3) is 5.91 Å². The van der Waals surface area contributed by atoms with E-state index in [1.165, 1.54) is 6.07 Å². The Hall–Kier alpha value is -4.08. The lowest BCUT2D eigenvalue weighted by molar-refractivity contribution is -0.127. The van der Waals surface area contributed by atoms with Crippen LogP contribution in [-0.4, -0.2) is 42.3 Å². The maximum absolute atomic E-state index is 14.0. The van der Waals surface area contributed by atoms with Crippen molar-refractivity contribution >= 4 is 17.9 Å². The van der Waals surface area contributed by atoms with E-state index >= 15 is 0 Å². The number of ether oxygens (including phenoxy) is 2. The number of hydrogen-bond acceptors (Lipinski definition) is 6. The van der Waals surface area contributed by atoms with Crippen molar-refractivity contribution in [3.05, 3.63) is 107 Å². The van der Waals surface area contributed by atoms with Crippen LogP contribution in [0.15, 0.2) is 83.9 Å². The summed E-state index contributed by atoms with van der Waals surface area (Å²) in [7, 11) is 0. The fraction of sp³-hybridized carbons (Fsp3) is 0.241. The van der Waals surface area contributed by atoms with Gasteiger partial charge in [-0.3, -0.25) is 10.2 Å². The summed E-state index contributed by atoms with van der Waals surface area (Å²) in [6, 6.07) is 20.0. The van der Waals surface area contributed by atoms with Crippen LogP contribution < -0.4 is 15.6 Å². The monoisotopic (exact) mass is 521 g/mol. The lowest BCUT2D eigenvalue weighted by Gasteiger charge is -2.22. The van der Waals surface area contributed by atoms with Crippen LogP contribution in [0.4, 0.5) is 8.78 Å². The van der Waals surface area contributed by atoms with Gasteiger partial charge >= 0.3 is 0 Å². The number of halogens is 2. The molecule has 0 fully saturated rings. The number of carbonyl (C=O) groups is 1. The van der Waals surface area contributed by atoms with Crippen LogP contribution in [0, 0.1) is 11.6 Å². The minimum absolute atomic E-state index is 0.00857. The molecule has 198 valence electrons. The molecule has 0 spiro atoms. The number of hydrogen-bond donors (Lipinski definition) is 3. The normalized spacial score (nSPS) is 16.8. The smallest absolute Gasteiger partial charge is 0.266 e. The molecule has 1 atom stereocenters. The molecule has 1 aliphatic rings. The molecule has 3 aromatic rings. The molecule has 4 rings (SSSR count). The zero-order chi connectivity index (χ0) is 26.8. The zero-order valence-electron chi connectivity index (χ0n) is 20.7. The van der Waals surface area contributed by atoms with Crippen LogP contribution >= 0.6 is 0 Å². The minimum atomic E-state index is -1.26. The number of aliphatic hydroxyl groups is 1. The summed E-state index contributed by atoms with van der Waals surface area (Å²) in [6.07, 6.45) is 4.56. The number of hydrazine groups is 1. The van der Waals surface area contributed by atoms with E-state index in [2.05, 4.69) is 15.8 Å². The third-order valence-corrected chi connectivity index (χ3v) is 5.92. The first-order valence-electron chi connectivity index (χ1n) is 12.2. The molecule has 1 amide bonds. The Kier molecular flexibility index (Phi) is 9.18. The molecule has 0 aliphatic carbocycles. The van der Waals surface area contributed by atoms with E-state index in [0.717, 1.165) is 17.7 Å². The highest BCUT2D eigenvalue weighted by molar-refractivity contribution is 6.00. The third kappa shape index (κ3) is 7.02. The molecule has 3 aromatic carbocycles. The molecule has 9 heteroatoms. The Bertz CT molecular complexity index is 1280. The van der Waals surface area contributed by atoms with E-state index in [9.17, 15) is 13.6 Å². The summed E-state index contributed by atoms with van der Waals surface area (Å²) >= 11 is 0. The summed E-state index contributed by atoms with van der Waals surface area (Å²) in [6.45, 7) is 0.427. The predicted octanol–water partition coefficient (Wildman–Crippen LogP) is 4.17. The summed E-state index contributed by atoms with van der Waals surface area (Å²) < 4.78 is 38.6. The molecule has 0 radical (unpaired) electrons. The van der Waals surface area contributed by atoms with Gasteiger partial charge in [-0.15, -0.1) is 0 Å². The second-order valence-corrected chi connectivity index (χ2v) is 8.75. The fourth-order valence-electron chi connectivity index (χ4n) is 3.81. The van der Waals surface area contributed by atoms with E-state index in [-0.39, 0.29) is 31.7 Å². The van der Waals surface area contributed by atoms with Crippen molar-refractivity contribution in [2.45, 2.75) is 24.9 Å². The second kappa shape index (κ2) is 12.9. The number of aliphatic imine (C=N–C) groups is 1. The number of benzene rings is 3. The highest BCUT2D eigenvalue weighted by Crippen LogP contribution is 2.27. The first-order chi connectivity index (χ1) is 18.5. The predicted molar refractivity (Wildman–Crippen MR) is 140 cm³/mol. The van der Waals surface area contributed by atoms with Crippen LogP contribution in [0.25, 0.3) is 6.08 Å². The number of rotatable bonds is 12. The Labute approximate surface area is 219 Å². The Morgan fingerprint density at radius 1 is 1.11 bits per heavy atom. The number of nitrogens with zero attached hydrogens (tertiary/aromatic N) is 1. The highest BCUT2D eigenvalue weighted by Gasteiger charge is 2.43. The van der Waals surface area contributed by atoms with Crippen molar-refractivity contribution in [2.75, 3.05) is 19.8 Å². The lowest BCUT2D eigenvalue weighted by atomic mass is 9.95. The maximum Gasteiger partial charge on any atom is 0.266 e. The molecule has 1 aliphatic heterocycles. The van der Waals surface area contributed by atoms with E-state index in [0.29, 0.717) is 30.2 Å². The van der Waals surface area contributed by atoms with Crippen molar-refractivity contribution in [1.82, 2.24) is 10.9 Å². The van der Waals surface area contributed by atoms with Gasteiger partial charge in [0, 0.05) is 43.2 Å². The largest absolute Gasteiger partial charge is 0.494 e. The molecular weight excluding hydrogens is 492 g/mol. The fourth-order valence-corrected chi connectivity index (χ4v) is 3.81. The SMILES string of the molecule is O=C(NNCc1ccc(F)cc1F)[C@]1(C/C=C/c2ccccc2)COC(c2ccc(OCCCO)cc2)=N1. The minimum Gasteiger partial charge on any atom is -0.494 e. The molecule has 1 heterocycles. The average Bonchev–Trinajstić information content (AvgIpc) is 3.37. The molecule has 0 saturated heterocycles. The molecule has 38 heavy (non-hydrogen) atoms. The van der Waals surface area contributed by atoms with E-state index in [1.807, 2.05) is 42.5 Å². The lowest BCUT2D eigenvalue weighted by Crippen LogP contribution is -2.51. The van der Waals surface area contributed by atoms with Crippen LogP contribution in [-0.2, 0) is 16.1 Å². The molecule has 0 saturated carbocycles. The standard InChI is InChI=1S/C29H29F2N3O4/c30-24-12-9-23(26(31)18-24)19-32-34-28(36)29(15-4-8-21-6-2-1-3-7-21)20-38-27(33-29)22-10-13-25(14-11-22)37-17-5-16-35/h1-4,6-14,18,32,35H,5,15-17,19-20H2,(H,34,36)/b8-4+/t29-/m0/s1. The number of amides is 1. The highest BCUT2D eigenvalue weighted by atomic mass is 19.1. The van der Waals surface area contributed by atoms with Crippen molar-refractivity contribution < 1.29 is 28.2 Å². The summed E-state index contributed by atoms with van der Waals surface area (Å²) in [5, 5.41) is 8.90. The third-order valence-electron chi connectivity index (χ3n) is 5.92. The van der Waals surface area contributed by atoms with Gasteiger partial charge in [-0.05, 0) is 35.9 Å². The molecule has 7 nitrogen and oxygen atoms in total. The Morgan fingerprint density at radius 3 is 2.63 bits per heavy atom. The maximum atomic E-state index is 14.0. The van der Waals surface area contributed by atoms with Crippen molar-refractivity contribution in [3.63, 3.8) is 0 Å². The molecule has 0 unspecified atom stereocenters. The Morgan fingerprint density at radius 2 is 1.89 bits per heavy atom. The van der Waals surface area contributed by atoms with Gasteiger partial charge in [0.05, 0.1) is 6.61 Å². The quantitative estimate of drug-likeness (QED) is 0.246. The number of nitrogens with one attached hydrogen (secondary N) is 2. The zero-order valence-corrected chi connectivity index (χ0v) is 20.7. The number of aliphatic hydroxyl groups excluding tert-OH is 1. The van der Waals surface area contributed by atoms with Gasteiger partial charge in [0.15, 0.2) is 5.54 Å². The van der Waals surface area contributed by atoms with Crippen LogP contribution in [0.2, 0.25) is 0 Å². The first kappa shape index (κ1) is 27.0. The summed E-state index contributed by atoms with van der Waals surface area (Å²) in [4.78, 5) is 18.0. The topological polar surface area (TPSA) is 92.2 Å². The average molecular weight is 522 g/mol.